The van der Waals surface area contributed by atoms with Gasteiger partial charge in [0, 0.05) is 0 Å². The summed E-state index contributed by atoms with van der Waals surface area (Å²) in [6, 6.07) is 0. The van der Waals surface area contributed by atoms with Crippen molar-refractivity contribution in [3.05, 3.63) is 0 Å². The van der Waals surface area contributed by atoms with Crippen molar-refractivity contribution < 1.29 is 32.0 Å². The summed E-state index contributed by atoms with van der Waals surface area (Å²) < 4.78 is 41.0. The lowest BCUT2D eigenvalue weighted by Gasteiger charge is -2.21. The molecule has 0 saturated heterocycles. The van der Waals surface area contributed by atoms with Crippen LogP contribution in [0.3, 0.4) is 0 Å². The Kier molecular flexibility index (Phi) is 6.37. The molecule has 0 aromatic rings. The van der Waals surface area contributed by atoms with E-state index >= 15 is 0 Å². The predicted octanol–water partition coefficient (Wildman–Crippen LogP) is 1.42. The number of carbonyl (C=O) groups excluding carboxylic acids is 2. The highest BCUT2D eigenvalue weighted by molar-refractivity contribution is 7.88. The van der Waals surface area contributed by atoms with Crippen molar-refractivity contribution in [1.29, 1.82) is 0 Å². The van der Waals surface area contributed by atoms with E-state index in [1.165, 1.54) is 0 Å². The Morgan fingerprint density at radius 1 is 0.905 bits per heavy atom. The van der Waals surface area contributed by atoms with E-state index in [4.69, 9.17) is 14.0 Å². The molecule has 0 aliphatic rings. The van der Waals surface area contributed by atoms with E-state index in [1.54, 1.807) is 41.5 Å². The number of carbonyl (C=O) groups is 2. The molecular formula is C13H24O7S. The highest BCUT2D eigenvalue weighted by Crippen LogP contribution is 2.17. The van der Waals surface area contributed by atoms with Gasteiger partial charge in [0.15, 0.2) is 0 Å². The van der Waals surface area contributed by atoms with Gasteiger partial charge in [-0.2, -0.15) is 8.42 Å². The molecule has 124 valence electrons. The molecule has 21 heavy (non-hydrogen) atoms. The zero-order valence-corrected chi connectivity index (χ0v) is 14.1. The van der Waals surface area contributed by atoms with Crippen LogP contribution in [-0.2, 0) is 29.2 Å². The molecule has 0 unspecified atom stereocenters. The van der Waals surface area contributed by atoms with Crippen LogP contribution in [0.25, 0.3) is 0 Å². The van der Waals surface area contributed by atoms with Gasteiger partial charge in [-0.25, -0.2) is 9.59 Å². The first kappa shape index (κ1) is 19.9. The minimum absolute atomic E-state index is 0.0929. The molecule has 7 nitrogen and oxygen atoms in total. The maximum absolute atomic E-state index is 11.7. The Balaban J connectivity index is 4.98. The maximum Gasteiger partial charge on any atom is 0.338 e. The third kappa shape index (κ3) is 8.67. The molecule has 0 atom stereocenters. The average molecular weight is 324 g/mol. The van der Waals surface area contributed by atoms with E-state index < -0.39 is 38.1 Å². The van der Waals surface area contributed by atoms with Crippen LogP contribution in [-0.4, -0.2) is 43.4 Å². The first-order valence-electron chi connectivity index (χ1n) is 6.43. The fraction of sp³-hybridized carbons (Fsp3) is 0.846. The van der Waals surface area contributed by atoms with Gasteiger partial charge >= 0.3 is 11.9 Å². The topological polar surface area (TPSA) is 107 Å². The second-order valence-corrected chi connectivity index (χ2v) is 8.73. The molecule has 0 saturated carbocycles. The molecule has 0 spiro atoms. The average Bonchev–Trinajstić information content (AvgIpc) is 2.20. The molecule has 0 bridgehead atoms. The summed E-state index contributed by atoms with van der Waals surface area (Å²) in [6.45, 7) is 10.4. The largest absolute Gasteiger partial charge is 0.464 e. The molecule has 0 aliphatic carbocycles. The molecule has 0 aromatic heterocycles. The number of hydrogen-bond acceptors (Lipinski definition) is 6. The van der Waals surface area contributed by atoms with Gasteiger partial charge in [0.2, 0.25) is 0 Å². The van der Waals surface area contributed by atoms with Crippen molar-refractivity contribution in [3.8, 4) is 0 Å². The molecule has 8 heteroatoms. The fourth-order valence-corrected chi connectivity index (χ4v) is 1.69. The van der Waals surface area contributed by atoms with Gasteiger partial charge in [-0.05, 0) is 10.8 Å². The van der Waals surface area contributed by atoms with E-state index in [9.17, 15) is 18.0 Å². The lowest BCUT2D eigenvalue weighted by atomic mass is 9.99. The lowest BCUT2D eigenvalue weighted by molar-refractivity contribution is -0.156. The molecule has 0 rings (SSSR count). The summed E-state index contributed by atoms with van der Waals surface area (Å²) in [5, 5.41) is -2.37. The summed E-state index contributed by atoms with van der Waals surface area (Å²) >= 11 is 0. The lowest BCUT2D eigenvalue weighted by Crippen LogP contribution is -2.42. The second kappa shape index (κ2) is 6.74. The maximum atomic E-state index is 11.7. The first-order valence-corrected chi connectivity index (χ1v) is 7.93. The zero-order chi connectivity index (χ0) is 17.1. The monoisotopic (exact) mass is 324 g/mol. The summed E-state index contributed by atoms with van der Waals surface area (Å²) in [6.07, 6.45) is 0. The predicted molar refractivity (Wildman–Crippen MR) is 76.2 cm³/mol. The van der Waals surface area contributed by atoms with Crippen LogP contribution in [0.1, 0.15) is 41.5 Å². The van der Waals surface area contributed by atoms with Crippen LogP contribution in [0.15, 0.2) is 0 Å². The van der Waals surface area contributed by atoms with Crippen molar-refractivity contribution in [2.75, 3.05) is 13.2 Å². The van der Waals surface area contributed by atoms with Crippen LogP contribution in [0.5, 0.6) is 0 Å². The highest BCUT2D eigenvalue weighted by atomic mass is 32.2. The number of hydrogen-bond donors (Lipinski definition) is 1. The van der Waals surface area contributed by atoms with Crippen molar-refractivity contribution in [1.82, 2.24) is 0 Å². The molecule has 0 aromatic carbocycles. The van der Waals surface area contributed by atoms with Crippen LogP contribution < -0.4 is 0 Å². The van der Waals surface area contributed by atoms with E-state index in [-0.39, 0.29) is 13.2 Å². The fourth-order valence-electron chi connectivity index (χ4n) is 1.07. The molecule has 0 radical (unpaired) electrons. The van der Waals surface area contributed by atoms with Crippen LogP contribution in [0, 0.1) is 10.8 Å². The van der Waals surface area contributed by atoms with Gasteiger partial charge in [-0.1, -0.05) is 41.5 Å². The molecule has 0 heterocycles. The zero-order valence-electron chi connectivity index (χ0n) is 13.3. The second-order valence-electron chi connectivity index (χ2n) is 7.23. The summed E-state index contributed by atoms with van der Waals surface area (Å²) in [4.78, 5) is 23.5. The molecule has 0 aliphatic heterocycles. The standard InChI is InChI=1S/C13H24O7S/c1-12(2,3)7-19-10(14)9(21(16,17)18)11(15)20-8-13(4,5)6/h9H,7-8H2,1-6H3,(H,16,17,18). The Bertz CT molecular complexity index is 450. The normalized spacial score (nSPS) is 13.1. The van der Waals surface area contributed by atoms with Gasteiger partial charge in [-0.15, -0.1) is 0 Å². The van der Waals surface area contributed by atoms with E-state index in [0.717, 1.165) is 0 Å². The van der Waals surface area contributed by atoms with Crippen molar-refractivity contribution in [2.24, 2.45) is 10.8 Å². The summed E-state index contributed by atoms with van der Waals surface area (Å²) in [5.41, 5.74) is -0.816. The SMILES string of the molecule is CC(C)(C)COC(=O)C(C(=O)OCC(C)(C)C)S(=O)(=O)O. The molecule has 0 fully saturated rings. The smallest absolute Gasteiger partial charge is 0.338 e. The minimum atomic E-state index is -4.95. The van der Waals surface area contributed by atoms with Crippen molar-refractivity contribution >= 4 is 22.1 Å². The van der Waals surface area contributed by atoms with Crippen LogP contribution in [0.2, 0.25) is 0 Å². The van der Waals surface area contributed by atoms with E-state index in [2.05, 4.69) is 0 Å². The van der Waals surface area contributed by atoms with Gasteiger partial charge in [-0.3, -0.25) is 4.55 Å². The van der Waals surface area contributed by atoms with Crippen LogP contribution >= 0.6 is 0 Å². The molecule has 1 N–H and O–H groups in total. The number of ether oxygens (including phenoxy) is 2. The minimum Gasteiger partial charge on any atom is -0.464 e. The Morgan fingerprint density at radius 2 is 1.19 bits per heavy atom. The van der Waals surface area contributed by atoms with Crippen molar-refractivity contribution in [2.45, 2.75) is 46.8 Å². The third-order valence-electron chi connectivity index (χ3n) is 2.02. The Hall–Kier alpha value is -1.15. The molecule has 0 amide bonds. The Labute approximate surface area is 125 Å². The first-order chi connectivity index (χ1) is 9.13. The molecular weight excluding hydrogens is 300 g/mol. The van der Waals surface area contributed by atoms with E-state index in [1.807, 2.05) is 0 Å². The van der Waals surface area contributed by atoms with Crippen molar-refractivity contribution in [3.63, 3.8) is 0 Å². The van der Waals surface area contributed by atoms with Gasteiger partial charge in [0.1, 0.15) is 0 Å². The van der Waals surface area contributed by atoms with Gasteiger partial charge in [0.05, 0.1) is 13.2 Å². The summed E-state index contributed by atoms with van der Waals surface area (Å²) in [5.74, 6) is -2.68. The number of rotatable bonds is 5. The highest BCUT2D eigenvalue weighted by Gasteiger charge is 2.42. The van der Waals surface area contributed by atoms with Crippen LogP contribution in [0.4, 0.5) is 0 Å². The quantitative estimate of drug-likeness (QED) is 0.463. The van der Waals surface area contributed by atoms with Gasteiger partial charge in [0.25, 0.3) is 15.4 Å². The van der Waals surface area contributed by atoms with E-state index in [0.29, 0.717) is 0 Å². The number of esters is 2. The summed E-state index contributed by atoms with van der Waals surface area (Å²) in [7, 11) is -4.95. The third-order valence-corrected chi connectivity index (χ3v) is 3.00. The Morgan fingerprint density at radius 3 is 1.38 bits per heavy atom. The van der Waals surface area contributed by atoms with Gasteiger partial charge < -0.3 is 9.47 Å².